The first-order valence-corrected chi connectivity index (χ1v) is 32.4. The van der Waals surface area contributed by atoms with Crippen LogP contribution in [-0.4, -0.2) is 32.4 Å². The number of oxime groups is 1. The van der Waals surface area contributed by atoms with Gasteiger partial charge in [0.05, 0.1) is 5.71 Å². The van der Waals surface area contributed by atoms with Crippen LogP contribution in [0.25, 0.3) is 22.3 Å². The first-order chi connectivity index (χ1) is 31.5. The summed E-state index contributed by atoms with van der Waals surface area (Å²) in [5.74, 6) is 9.35. The third-order valence-electron chi connectivity index (χ3n) is 14.2. The van der Waals surface area contributed by atoms with Crippen molar-refractivity contribution in [2.45, 2.75) is 83.1 Å². The summed E-state index contributed by atoms with van der Waals surface area (Å²) in [4.78, 5) is 0. The van der Waals surface area contributed by atoms with Crippen LogP contribution in [0.2, 0.25) is 0 Å². The van der Waals surface area contributed by atoms with E-state index >= 15 is 0 Å². The zero-order valence-electron chi connectivity index (χ0n) is 50.5. The van der Waals surface area contributed by atoms with E-state index in [1.54, 1.807) is 0 Å². The van der Waals surface area contributed by atoms with Gasteiger partial charge in [0.25, 0.3) is 0 Å². The van der Waals surface area contributed by atoms with E-state index in [1.165, 1.54) is 0 Å². The molecule has 370 valence electrons. The number of hydrogen-bond donors (Lipinski definition) is 1. The van der Waals surface area contributed by atoms with Crippen LogP contribution >= 0.6 is 66.2 Å². The van der Waals surface area contributed by atoms with E-state index in [1.807, 2.05) is 111 Å². The largest absolute Gasteiger partial charge is 1.00 e. The van der Waals surface area contributed by atoms with Crippen LogP contribution in [0, 0.1) is 79.2 Å². The summed E-state index contributed by atoms with van der Waals surface area (Å²) in [6.07, 6.45) is 0. The normalized spacial score (nSPS) is 21.5. The first-order valence-electron chi connectivity index (χ1n) is 22.7. The number of rotatable bonds is 2. The summed E-state index contributed by atoms with van der Waals surface area (Å²) in [5.41, 5.74) is 9.58. The van der Waals surface area contributed by atoms with Crippen LogP contribution in [0.4, 0.5) is 0 Å². The van der Waals surface area contributed by atoms with Crippen LogP contribution in [0.15, 0.2) is 107 Å². The van der Waals surface area contributed by atoms with Crippen LogP contribution in [-0.2, 0) is 36.5 Å². The Morgan fingerprint density at radius 3 is 0.753 bits per heavy atom. The molecule has 4 aliphatic carbocycles. The van der Waals surface area contributed by atoms with E-state index in [4.69, 9.17) is 59.0 Å². The van der Waals surface area contributed by atoms with Crippen molar-refractivity contribution in [2.75, 3.05) is 13.2 Å². The predicted molar refractivity (Wildman–Crippen MR) is 296 cm³/mol. The summed E-state index contributed by atoms with van der Waals surface area (Å²) in [6, 6.07) is 31.7. The molecule has 0 bridgehead atoms. The van der Waals surface area contributed by atoms with Gasteiger partial charge in [0.15, 0.2) is 0 Å². The molecule has 4 aliphatic rings. The molecular weight excluding hydrogens is 1280 g/mol. The summed E-state index contributed by atoms with van der Waals surface area (Å²) >= 11 is -2.47. The average Bonchev–Trinajstić information content (AvgIpc) is 3.95. The molecule has 4 aromatic rings. The fraction of sp³-hybridized carbons (Fsp3) is 0.462. The minimum Gasteiger partial charge on any atom is -0.791 e. The minimum atomic E-state index is -1.92. The Morgan fingerprint density at radius 1 is 0.479 bits per heavy atom. The molecule has 2 saturated carbocycles. The molecule has 0 atom stereocenters. The standard InChI is InChI=1S/2C13H9NO.2C10H20.C4H10O.2CH3.5ClH.6K.Li.2H2P.2Ti/c2*15-14-13-11-7-3-1-5-9(11)10-6-2-4-8-12(10)13;2*1-6-7(2)9(4)10(5)8(6)3;1-3-5-4-2;;;;;;;;;;;;;;;;;;/h2*1-8,15H;2*6-10H,1-5H3;3-4H2,1-2H3;2*1H3;5*1H;;;;;;;;2*1H2;;/q;;;;;2*-1;;;;;;7*+1;2*-1;+2;+4/p-6/i;;;;;;;;;;;;;;;;;;;2*1T;;. The molecule has 21 heteroatoms. The van der Waals surface area contributed by atoms with Crippen LogP contribution in [0.5, 0.6) is 0 Å². The molecule has 0 aromatic heterocycles. The molecule has 0 unspecified atom stereocenters. The van der Waals surface area contributed by atoms with E-state index < -0.39 is 31.7 Å². The van der Waals surface area contributed by atoms with Gasteiger partial charge in [-0.15, -0.1) is 0 Å². The Morgan fingerprint density at radius 2 is 0.630 bits per heavy atom. The molecule has 0 amide bonds. The van der Waals surface area contributed by atoms with Crippen molar-refractivity contribution >= 4 is 77.6 Å². The van der Waals surface area contributed by atoms with E-state index in [0.717, 1.165) is 117 Å². The fourth-order valence-corrected chi connectivity index (χ4v) is 9.19. The van der Waals surface area contributed by atoms with Gasteiger partial charge in [-0.3, -0.25) is 0 Å². The number of ether oxygens (including phenoxy) is 1. The summed E-state index contributed by atoms with van der Waals surface area (Å²) in [5, 5.41) is 26.4. The van der Waals surface area contributed by atoms with E-state index in [-0.39, 0.29) is 342 Å². The van der Waals surface area contributed by atoms with Crippen molar-refractivity contribution in [3.8, 4) is 22.3 Å². The Kier molecular flexibility index (Phi) is 80.9. The third kappa shape index (κ3) is 34.1. The quantitative estimate of drug-likeness (QED) is 0.0677. The molecule has 0 radical (unpaired) electrons. The molecular formula is C52H77Cl5K6LiN2O3P2Ti2+3. The van der Waals surface area contributed by atoms with Gasteiger partial charge in [-0.05, 0) is 95.3 Å². The Bertz CT molecular complexity index is 1730. The Hall–Kier alpha value is 9.93. The molecule has 0 heterocycles. The van der Waals surface area contributed by atoms with Gasteiger partial charge in [-0.2, -0.15) is 0 Å². The second kappa shape index (κ2) is 59.6. The maximum atomic E-state index is 10.8. The SMILES string of the molecule is CC1C(C)C(C)C(C)C1C.CC1C(C)C(C)C(C)C1C.CCOCC.ON=C1c2ccccc2-c2ccccc21.[3H][PH-].[3H][PH-].[CH3-].[CH3-].[Cl][Ti+]([Cl])[Cl].[Cl][Ti][Cl].[K+].[K+].[K+].[K+].[K+].[K+].[Li+].[O-]N=C1c2ccccc2-c2ccccc21. The Balaban J connectivity index is -0.0000000836. The number of fused-ring (bicyclic) bond motifs is 6. The second-order valence-corrected chi connectivity index (χ2v) is 27.0. The molecule has 1 N–H and O–H groups in total. The van der Waals surface area contributed by atoms with Gasteiger partial charge in [-0.25, -0.2) is 2.56 Å². The van der Waals surface area contributed by atoms with Gasteiger partial charge in [0.2, 0.25) is 0 Å². The fourth-order valence-electron chi connectivity index (χ4n) is 9.19. The molecule has 4 aromatic carbocycles. The molecule has 8 rings (SSSR count). The monoisotopic (exact) mass is 1360 g/mol. The number of nitrogens with zero attached hydrogens (tertiary/aromatic N) is 2. The zero-order chi connectivity index (χ0) is 50.7. The van der Waals surface area contributed by atoms with Gasteiger partial charge in [0.1, 0.15) is 5.71 Å². The number of benzene rings is 4. The van der Waals surface area contributed by atoms with Crippen molar-refractivity contribution in [3.63, 3.8) is 0 Å². The smallest absolute Gasteiger partial charge is 0.791 e. The molecule has 73 heavy (non-hydrogen) atoms. The van der Waals surface area contributed by atoms with E-state index in [9.17, 15) is 5.21 Å². The first kappa shape index (κ1) is 99.2. The van der Waals surface area contributed by atoms with Crippen molar-refractivity contribution in [3.05, 3.63) is 139 Å². The maximum absolute atomic E-state index is 10.8. The van der Waals surface area contributed by atoms with Crippen molar-refractivity contribution in [1.29, 1.82) is 2.56 Å². The molecule has 0 spiro atoms. The van der Waals surface area contributed by atoms with E-state index in [0.29, 0.717) is 11.4 Å². The maximum Gasteiger partial charge on any atom is 1.00 e. The molecule has 2 fully saturated rings. The van der Waals surface area contributed by atoms with Gasteiger partial charge in [0, 0.05) is 35.5 Å². The van der Waals surface area contributed by atoms with Gasteiger partial charge in [-0.1, -0.05) is 171 Å². The van der Waals surface area contributed by atoms with Crippen LogP contribution in [0.1, 0.15) is 105 Å². The van der Waals surface area contributed by atoms with Crippen LogP contribution < -0.4 is 327 Å². The van der Waals surface area contributed by atoms with Crippen molar-refractivity contribution in [1.82, 2.24) is 0 Å². The molecule has 0 aliphatic heterocycles. The topological polar surface area (TPSA) is 77.2 Å². The number of hydrogen-bond acceptors (Lipinski definition) is 5. The summed E-state index contributed by atoms with van der Waals surface area (Å²) in [7, 11) is 29.1. The van der Waals surface area contributed by atoms with E-state index in [2.05, 4.69) is 99.2 Å². The summed E-state index contributed by atoms with van der Waals surface area (Å²) < 4.78 is 15.9. The molecule has 5 nitrogen and oxygen atoms in total. The van der Waals surface area contributed by atoms with Crippen molar-refractivity contribution < 1.29 is 369 Å². The molecule has 0 saturated heterocycles. The average molecular weight is 1360 g/mol. The number of halogens is 5. The van der Waals surface area contributed by atoms with Gasteiger partial charge < -0.3 is 54.8 Å². The van der Waals surface area contributed by atoms with Crippen molar-refractivity contribution in [2.24, 2.45) is 69.5 Å². The third-order valence-corrected chi connectivity index (χ3v) is 14.2. The minimum absolute atomic E-state index is 0. The Labute approximate surface area is 757 Å². The predicted octanol–water partition coefficient (Wildman–Crippen LogP) is -2.68. The van der Waals surface area contributed by atoms with Gasteiger partial charge >= 0.3 is 405 Å². The zero-order valence-corrected chi connectivity index (χ0v) is 76.1. The summed E-state index contributed by atoms with van der Waals surface area (Å²) in [6.45, 7) is 29.6. The second-order valence-electron chi connectivity index (χ2n) is 16.7. The van der Waals surface area contributed by atoms with Crippen LogP contribution in [0.3, 0.4) is 0 Å².